The summed E-state index contributed by atoms with van der Waals surface area (Å²) in [6.07, 6.45) is 0.865. The van der Waals surface area contributed by atoms with Gasteiger partial charge in [0.25, 0.3) is 5.91 Å². The Kier molecular flexibility index (Phi) is 4.09. The number of carbonyl (C=O) groups excluding carboxylic acids is 1. The van der Waals surface area contributed by atoms with Gasteiger partial charge in [-0.2, -0.15) is 0 Å². The third kappa shape index (κ3) is 2.94. The van der Waals surface area contributed by atoms with Gasteiger partial charge in [-0.25, -0.2) is 4.39 Å². The highest BCUT2D eigenvalue weighted by Crippen LogP contribution is 2.17. The van der Waals surface area contributed by atoms with Crippen LogP contribution in [0.2, 0.25) is 0 Å². The minimum atomic E-state index is -0.468. The molecule has 15 heavy (non-hydrogen) atoms. The molecule has 0 aliphatic carbocycles. The molecule has 1 aromatic rings. The Morgan fingerprint density at radius 1 is 1.53 bits per heavy atom. The number of rotatable bonds is 4. The summed E-state index contributed by atoms with van der Waals surface area (Å²) in [5, 5.41) is 2.70. The van der Waals surface area contributed by atoms with Gasteiger partial charge in [0.05, 0.1) is 7.11 Å². The summed E-state index contributed by atoms with van der Waals surface area (Å²) in [6.45, 7) is 2.57. The molecule has 0 spiro atoms. The fraction of sp³-hybridized carbons (Fsp3) is 0.364. The Hall–Kier alpha value is -1.58. The van der Waals surface area contributed by atoms with Gasteiger partial charge in [-0.05, 0) is 24.6 Å². The average molecular weight is 211 g/mol. The number of hydrogen-bond donors (Lipinski definition) is 1. The van der Waals surface area contributed by atoms with Gasteiger partial charge >= 0.3 is 0 Å². The van der Waals surface area contributed by atoms with E-state index in [-0.39, 0.29) is 11.7 Å². The topological polar surface area (TPSA) is 38.3 Å². The summed E-state index contributed by atoms with van der Waals surface area (Å²) in [5.41, 5.74) is 0.404. The number of methoxy groups -OCH3 is 1. The fourth-order valence-corrected chi connectivity index (χ4v) is 1.14. The van der Waals surface area contributed by atoms with E-state index in [1.54, 1.807) is 0 Å². The van der Waals surface area contributed by atoms with Gasteiger partial charge in [-0.1, -0.05) is 6.92 Å². The number of amides is 1. The van der Waals surface area contributed by atoms with Crippen LogP contribution < -0.4 is 10.1 Å². The van der Waals surface area contributed by atoms with Gasteiger partial charge in [-0.3, -0.25) is 4.79 Å². The summed E-state index contributed by atoms with van der Waals surface area (Å²) in [4.78, 5) is 11.5. The molecule has 1 amide bonds. The first kappa shape index (κ1) is 11.5. The van der Waals surface area contributed by atoms with Crippen molar-refractivity contribution >= 4 is 5.91 Å². The maximum atomic E-state index is 13.0. The van der Waals surface area contributed by atoms with Crippen molar-refractivity contribution in [2.75, 3.05) is 13.7 Å². The van der Waals surface area contributed by atoms with Crippen LogP contribution in [0.3, 0.4) is 0 Å². The molecule has 3 nitrogen and oxygen atoms in total. The summed E-state index contributed by atoms with van der Waals surface area (Å²) >= 11 is 0. The molecule has 0 aromatic heterocycles. The molecule has 0 atom stereocenters. The second-order valence-electron chi connectivity index (χ2n) is 3.11. The molecular weight excluding hydrogens is 197 g/mol. The van der Waals surface area contributed by atoms with Crippen LogP contribution >= 0.6 is 0 Å². The third-order valence-electron chi connectivity index (χ3n) is 1.95. The zero-order chi connectivity index (χ0) is 11.3. The van der Waals surface area contributed by atoms with Gasteiger partial charge < -0.3 is 10.1 Å². The Bertz CT molecular complexity index is 352. The Labute approximate surface area is 88.2 Å². The quantitative estimate of drug-likeness (QED) is 0.826. The van der Waals surface area contributed by atoms with Crippen LogP contribution in [-0.2, 0) is 0 Å². The van der Waals surface area contributed by atoms with E-state index in [2.05, 4.69) is 5.32 Å². The van der Waals surface area contributed by atoms with Gasteiger partial charge in [0.15, 0.2) is 11.6 Å². The van der Waals surface area contributed by atoms with Gasteiger partial charge in [-0.15, -0.1) is 0 Å². The predicted octanol–water partition coefficient (Wildman–Crippen LogP) is 1.97. The first-order valence-corrected chi connectivity index (χ1v) is 4.80. The van der Waals surface area contributed by atoms with Crippen molar-refractivity contribution in [2.24, 2.45) is 0 Å². The number of hydrogen-bond acceptors (Lipinski definition) is 2. The first-order valence-electron chi connectivity index (χ1n) is 4.80. The second kappa shape index (κ2) is 5.34. The van der Waals surface area contributed by atoms with Crippen LogP contribution in [0.15, 0.2) is 18.2 Å². The molecule has 1 aromatic carbocycles. The van der Waals surface area contributed by atoms with Crippen molar-refractivity contribution in [3.63, 3.8) is 0 Å². The Morgan fingerprint density at radius 3 is 2.87 bits per heavy atom. The predicted molar refractivity (Wildman–Crippen MR) is 55.6 cm³/mol. The highest BCUT2D eigenvalue weighted by Gasteiger charge is 2.08. The summed E-state index contributed by atoms with van der Waals surface area (Å²) in [5.74, 6) is -0.598. The van der Waals surface area contributed by atoms with Crippen molar-refractivity contribution in [2.45, 2.75) is 13.3 Å². The lowest BCUT2D eigenvalue weighted by atomic mass is 10.2. The van der Waals surface area contributed by atoms with E-state index >= 15 is 0 Å². The standard InChI is InChI=1S/C11H14FNO2/c1-3-6-13-11(14)8-4-5-9(12)10(7-8)15-2/h4-5,7H,3,6H2,1-2H3,(H,13,14). The van der Waals surface area contributed by atoms with Gasteiger partial charge in [0.2, 0.25) is 0 Å². The zero-order valence-corrected chi connectivity index (χ0v) is 8.84. The molecule has 82 valence electrons. The molecule has 0 saturated carbocycles. The number of halogens is 1. The van der Waals surface area contributed by atoms with E-state index < -0.39 is 5.82 Å². The number of carbonyl (C=O) groups is 1. The molecule has 0 aliphatic rings. The van der Waals surface area contributed by atoms with E-state index in [0.717, 1.165) is 6.42 Å². The van der Waals surface area contributed by atoms with Gasteiger partial charge in [0.1, 0.15) is 0 Å². The van der Waals surface area contributed by atoms with Crippen molar-refractivity contribution in [1.82, 2.24) is 5.32 Å². The lowest BCUT2D eigenvalue weighted by molar-refractivity contribution is 0.0953. The highest BCUT2D eigenvalue weighted by molar-refractivity contribution is 5.94. The second-order valence-corrected chi connectivity index (χ2v) is 3.11. The summed E-state index contributed by atoms with van der Waals surface area (Å²) in [7, 11) is 1.37. The smallest absolute Gasteiger partial charge is 0.251 e. The van der Waals surface area contributed by atoms with Crippen LogP contribution in [-0.4, -0.2) is 19.6 Å². The lowest BCUT2D eigenvalue weighted by Gasteiger charge is -2.06. The molecule has 0 aliphatic heterocycles. The van der Waals surface area contributed by atoms with Crippen molar-refractivity contribution in [1.29, 1.82) is 0 Å². The van der Waals surface area contributed by atoms with Crippen LogP contribution in [0, 0.1) is 5.82 Å². The Morgan fingerprint density at radius 2 is 2.27 bits per heavy atom. The molecule has 0 fully saturated rings. The molecule has 0 unspecified atom stereocenters. The van der Waals surface area contributed by atoms with E-state index in [0.29, 0.717) is 12.1 Å². The summed E-state index contributed by atoms with van der Waals surface area (Å²) in [6, 6.07) is 4.04. The Balaban J connectivity index is 2.81. The molecule has 0 heterocycles. The largest absolute Gasteiger partial charge is 0.494 e. The van der Waals surface area contributed by atoms with Crippen molar-refractivity contribution in [3.05, 3.63) is 29.6 Å². The van der Waals surface area contributed by atoms with Crippen LogP contribution in [0.5, 0.6) is 5.75 Å². The maximum Gasteiger partial charge on any atom is 0.251 e. The van der Waals surface area contributed by atoms with E-state index in [4.69, 9.17) is 4.74 Å². The van der Waals surface area contributed by atoms with E-state index in [1.165, 1.54) is 25.3 Å². The molecule has 0 radical (unpaired) electrons. The van der Waals surface area contributed by atoms with Crippen LogP contribution in [0.1, 0.15) is 23.7 Å². The SMILES string of the molecule is CCCNC(=O)c1ccc(F)c(OC)c1. The molecule has 0 bridgehead atoms. The number of benzene rings is 1. The van der Waals surface area contributed by atoms with Gasteiger partial charge in [0, 0.05) is 12.1 Å². The van der Waals surface area contributed by atoms with E-state index in [1.807, 2.05) is 6.92 Å². The minimum Gasteiger partial charge on any atom is -0.494 e. The van der Waals surface area contributed by atoms with Crippen LogP contribution in [0.25, 0.3) is 0 Å². The molecule has 4 heteroatoms. The fourth-order valence-electron chi connectivity index (χ4n) is 1.14. The lowest BCUT2D eigenvalue weighted by Crippen LogP contribution is -2.23. The average Bonchev–Trinajstić information content (AvgIpc) is 2.26. The monoisotopic (exact) mass is 211 g/mol. The minimum absolute atomic E-state index is 0.0825. The molecular formula is C11H14FNO2. The first-order chi connectivity index (χ1) is 7.19. The summed E-state index contributed by atoms with van der Waals surface area (Å²) < 4.78 is 17.8. The molecule has 1 rings (SSSR count). The number of nitrogens with one attached hydrogen (secondary N) is 1. The molecule has 0 saturated heterocycles. The number of ether oxygens (including phenoxy) is 1. The normalized spacial score (nSPS) is 9.80. The van der Waals surface area contributed by atoms with Crippen LogP contribution in [0.4, 0.5) is 4.39 Å². The molecule has 1 N–H and O–H groups in total. The highest BCUT2D eigenvalue weighted by atomic mass is 19.1. The van der Waals surface area contributed by atoms with Crippen molar-refractivity contribution < 1.29 is 13.9 Å². The maximum absolute atomic E-state index is 13.0. The third-order valence-corrected chi connectivity index (χ3v) is 1.95. The zero-order valence-electron chi connectivity index (χ0n) is 8.84. The van der Waals surface area contributed by atoms with Crippen molar-refractivity contribution in [3.8, 4) is 5.75 Å². The van der Waals surface area contributed by atoms with E-state index in [9.17, 15) is 9.18 Å².